The van der Waals surface area contributed by atoms with Gasteiger partial charge >= 0.3 is 18.6 Å². The molecule has 0 bridgehead atoms. The van der Waals surface area contributed by atoms with Crippen molar-refractivity contribution in [3.05, 3.63) is 173 Å². The van der Waals surface area contributed by atoms with Crippen molar-refractivity contribution in [2.24, 2.45) is 0 Å². The van der Waals surface area contributed by atoms with Gasteiger partial charge in [-0.3, -0.25) is 0 Å². The Morgan fingerprint density at radius 2 is 0.702 bits per heavy atom. The molecule has 0 fully saturated rings. The number of halogens is 15. The number of alkyl halides is 7. The molecule has 0 saturated carbocycles. The van der Waals surface area contributed by atoms with Gasteiger partial charge in [0.1, 0.15) is 45.9 Å². The second kappa shape index (κ2) is 16.4. The molecule has 0 unspecified atom stereocenters. The molecule has 6 aromatic rings. The van der Waals surface area contributed by atoms with Crippen molar-refractivity contribution >= 4 is 0 Å². The molecule has 0 atom stereocenters. The molecule has 0 N–H and O–H groups in total. The van der Waals surface area contributed by atoms with Crippen molar-refractivity contribution < 1.29 is 80.1 Å². The van der Waals surface area contributed by atoms with Crippen LogP contribution in [0.25, 0.3) is 22.3 Å². The zero-order valence-electron chi connectivity index (χ0n) is 27.9. The highest BCUT2D eigenvalue weighted by Crippen LogP contribution is 2.40. The summed E-state index contributed by atoms with van der Waals surface area (Å²) in [5, 5.41) is 0. The molecule has 0 aliphatic rings. The van der Waals surface area contributed by atoms with Crippen LogP contribution in [-0.2, 0) is 12.2 Å². The fourth-order valence-corrected chi connectivity index (χ4v) is 5.04. The quantitative estimate of drug-likeness (QED) is 0.107. The molecule has 0 radical (unpaired) electrons. The summed E-state index contributed by atoms with van der Waals surface area (Å²) in [4.78, 5) is 0. The minimum atomic E-state index is -5.21. The van der Waals surface area contributed by atoms with Gasteiger partial charge in [0.2, 0.25) is 0 Å². The summed E-state index contributed by atoms with van der Waals surface area (Å²) < 4.78 is 215. The Bertz CT molecular complexity index is 2300. The van der Waals surface area contributed by atoms with E-state index in [1.54, 1.807) is 36.4 Å². The van der Waals surface area contributed by atoms with Gasteiger partial charge in [-0.05, 0) is 58.7 Å². The average Bonchev–Trinajstić information content (AvgIpc) is 3.11. The maximum absolute atomic E-state index is 14.4. The highest BCUT2D eigenvalue weighted by molar-refractivity contribution is 5.65. The number of rotatable bonds is 9. The first-order valence-corrected chi connectivity index (χ1v) is 15.6. The van der Waals surface area contributed by atoms with Crippen molar-refractivity contribution in [3.63, 3.8) is 0 Å². The molecule has 0 aliphatic carbocycles. The zero-order valence-corrected chi connectivity index (χ0v) is 27.9. The largest absolute Gasteiger partial charge is 0.573 e. The molecule has 0 amide bonds. The predicted octanol–water partition coefficient (Wildman–Crippen LogP) is 13.0. The third kappa shape index (κ3) is 10.1. The molecule has 0 aromatic heterocycles. The van der Waals surface area contributed by atoms with Crippen LogP contribution in [0.4, 0.5) is 65.9 Å². The van der Waals surface area contributed by atoms with E-state index in [1.165, 1.54) is 24.3 Å². The fourth-order valence-electron chi connectivity index (χ4n) is 5.04. The van der Waals surface area contributed by atoms with Gasteiger partial charge < -0.3 is 14.2 Å². The van der Waals surface area contributed by atoms with E-state index in [-0.39, 0.29) is 29.3 Å². The lowest BCUT2D eigenvalue weighted by Crippen LogP contribution is -2.25. The zero-order chi connectivity index (χ0) is 41.9. The Labute approximate surface area is 311 Å². The third-order valence-electron chi connectivity index (χ3n) is 7.46. The molecular formula is C39H19F15O3. The van der Waals surface area contributed by atoms with Crippen molar-refractivity contribution in [1.29, 1.82) is 0 Å². The van der Waals surface area contributed by atoms with Gasteiger partial charge in [-0.2, -0.15) is 17.6 Å². The smallest absolute Gasteiger partial charge is 0.429 e. The topological polar surface area (TPSA) is 27.7 Å². The van der Waals surface area contributed by atoms with Crippen molar-refractivity contribution in [2.45, 2.75) is 18.6 Å². The summed E-state index contributed by atoms with van der Waals surface area (Å²) in [5.74, 6) is -17.0. The Morgan fingerprint density at radius 1 is 0.333 bits per heavy atom. The summed E-state index contributed by atoms with van der Waals surface area (Å²) in [7, 11) is 0. The van der Waals surface area contributed by atoms with Gasteiger partial charge in [0.25, 0.3) is 0 Å². The average molecular weight is 821 g/mol. The molecule has 3 nitrogen and oxygen atoms in total. The van der Waals surface area contributed by atoms with Gasteiger partial charge in [0, 0.05) is 18.2 Å². The lowest BCUT2D eigenvalue weighted by atomic mass is 10.0. The highest BCUT2D eigenvalue weighted by Gasteiger charge is 2.43. The first-order chi connectivity index (χ1) is 26.6. The van der Waals surface area contributed by atoms with Crippen LogP contribution in [0.15, 0.2) is 115 Å². The molecule has 298 valence electrons. The van der Waals surface area contributed by atoms with Crippen molar-refractivity contribution in [2.75, 3.05) is 0 Å². The minimum Gasteiger partial charge on any atom is -0.429 e. The summed E-state index contributed by atoms with van der Waals surface area (Å²) in [6.45, 7) is 0. The molecule has 0 heterocycles. The molecule has 0 aliphatic heterocycles. The molecule has 0 spiro atoms. The van der Waals surface area contributed by atoms with Gasteiger partial charge in [-0.15, -0.1) is 13.2 Å². The Morgan fingerprint density at radius 3 is 1.07 bits per heavy atom. The lowest BCUT2D eigenvalue weighted by Gasteiger charge is -2.20. The van der Waals surface area contributed by atoms with Crippen LogP contribution in [0.5, 0.6) is 17.2 Å². The SMILES string of the molecule is Fc1cc(OC(F)(F)c2c(F)cc(-c3ccccc3)cc2F)cc(F)c1F.Fc1cc(OC(F)(F)c2c(F)cc(-c3ccccc3)cc2F)ccc1OC(F)(F)F. The van der Waals surface area contributed by atoms with E-state index < -0.39 is 93.5 Å². The summed E-state index contributed by atoms with van der Waals surface area (Å²) >= 11 is 0. The second-order valence-electron chi connectivity index (χ2n) is 11.4. The van der Waals surface area contributed by atoms with Crippen LogP contribution in [0.3, 0.4) is 0 Å². The van der Waals surface area contributed by atoms with E-state index in [0.29, 0.717) is 47.5 Å². The highest BCUT2D eigenvalue weighted by atomic mass is 19.4. The lowest BCUT2D eigenvalue weighted by molar-refractivity contribution is -0.275. The first kappa shape index (κ1) is 41.8. The molecule has 6 aromatic carbocycles. The van der Waals surface area contributed by atoms with Crippen LogP contribution in [-0.4, -0.2) is 6.36 Å². The monoisotopic (exact) mass is 820 g/mol. The maximum Gasteiger partial charge on any atom is 0.573 e. The number of benzene rings is 6. The minimum absolute atomic E-state index is 0.00372. The molecular weight excluding hydrogens is 801 g/mol. The van der Waals surface area contributed by atoms with Crippen LogP contribution in [0.2, 0.25) is 0 Å². The fraction of sp³-hybridized carbons (Fsp3) is 0.0769. The summed E-state index contributed by atoms with van der Waals surface area (Å²) in [5.41, 5.74) is -2.73. The predicted molar refractivity (Wildman–Crippen MR) is 172 cm³/mol. The molecule has 57 heavy (non-hydrogen) atoms. The third-order valence-corrected chi connectivity index (χ3v) is 7.46. The number of hydrogen-bond donors (Lipinski definition) is 0. The Hall–Kier alpha value is -6.33. The Kier molecular flexibility index (Phi) is 12.0. The van der Waals surface area contributed by atoms with Gasteiger partial charge in [-0.1, -0.05) is 60.7 Å². The van der Waals surface area contributed by atoms with E-state index in [1.807, 2.05) is 0 Å². The number of hydrogen-bond acceptors (Lipinski definition) is 3. The van der Waals surface area contributed by atoms with Gasteiger partial charge in [0.05, 0.1) is 0 Å². The van der Waals surface area contributed by atoms with Crippen LogP contribution >= 0.6 is 0 Å². The second-order valence-corrected chi connectivity index (χ2v) is 11.4. The van der Waals surface area contributed by atoms with E-state index in [4.69, 9.17) is 0 Å². The Balaban J connectivity index is 0.000000219. The maximum atomic E-state index is 14.4. The van der Waals surface area contributed by atoms with Crippen molar-refractivity contribution in [1.82, 2.24) is 0 Å². The normalized spacial score (nSPS) is 11.8. The van der Waals surface area contributed by atoms with E-state index >= 15 is 0 Å². The van der Waals surface area contributed by atoms with Crippen LogP contribution in [0, 0.1) is 46.5 Å². The molecule has 18 heteroatoms. The summed E-state index contributed by atoms with van der Waals surface area (Å²) in [6.07, 6.45) is -14.4. The van der Waals surface area contributed by atoms with E-state index in [9.17, 15) is 65.9 Å². The first-order valence-electron chi connectivity index (χ1n) is 15.6. The van der Waals surface area contributed by atoms with E-state index in [2.05, 4.69) is 14.2 Å². The summed E-state index contributed by atoms with van der Waals surface area (Å²) in [6, 6.07) is 19.8. The van der Waals surface area contributed by atoms with Crippen molar-refractivity contribution in [3.8, 4) is 39.5 Å². The van der Waals surface area contributed by atoms with Crippen LogP contribution < -0.4 is 14.2 Å². The molecule has 6 rings (SSSR count). The van der Waals surface area contributed by atoms with Crippen LogP contribution in [0.1, 0.15) is 11.1 Å². The van der Waals surface area contributed by atoms with Gasteiger partial charge in [0.15, 0.2) is 29.0 Å². The van der Waals surface area contributed by atoms with E-state index in [0.717, 1.165) is 0 Å². The molecule has 0 saturated heterocycles. The number of ether oxygens (including phenoxy) is 3. The van der Waals surface area contributed by atoms with Gasteiger partial charge in [-0.25, -0.2) is 35.1 Å². The standard InChI is InChI=1S/C20H10F8O2.C19H9F7O/c21-14-10-13(6-7-17(14)30-20(26,27)28)29-19(24,25)18-15(22)8-12(9-16(18)23)11-4-2-1-3-5-11;20-13-6-11(10-4-2-1-3-5-10)7-14(21)17(13)19(25,26)27-12-8-15(22)18(24)16(23)9-12/h1-10H;1-9H.